The normalized spacial score (nSPS) is 25.2. The van der Waals surface area contributed by atoms with E-state index >= 15 is 0 Å². The largest absolute Gasteiger partial charge is 0.396 e. The summed E-state index contributed by atoms with van der Waals surface area (Å²) in [6, 6.07) is 0. The third-order valence-electron chi connectivity index (χ3n) is 5.71. The van der Waals surface area contributed by atoms with Crippen LogP contribution >= 0.6 is 0 Å². The minimum atomic E-state index is -0.137. The molecule has 6 nitrogen and oxygen atoms in total. The van der Waals surface area contributed by atoms with Gasteiger partial charge in [-0.15, -0.1) is 0 Å². The summed E-state index contributed by atoms with van der Waals surface area (Å²) in [5.74, 6) is 0.967. The predicted molar refractivity (Wildman–Crippen MR) is 106 cm³/mol. The Hall–Kier alpha value is -0.850. The lowest BCUT2D eigenvalue weighted by molar-refractivity contribution is -0.0721. The summed E-state index contributed by atoms with van der Waals surface area (Å²) < 4.78 is 11.9. The van der Waals surface area contributed by atoms with Crippen molar-refractivity contribution >= 4 is 5.96 Å². The first-order valence-corrected chi connectivity index (χ1v) is 10.5. The van der Waals surface area contributed by atoms with Crippen molar-refractivity contribution in [2.75, 3.05) is 46.0 Å². The molecule has 2 N–H and O–H groups in total. The number of ether oxygens (including phenoxy) is 2. The molecule has 2 rings (SSSR count). The van der Waals surface area contributed by atoms with Crippen molar-refractivity contribution in [2.24, 2.45) is 10.4 Å². The Balaban J connectivity index is 1.79. The zero-order valence-electron chi connectivity index (χ0n) is 17.0. The first kappa shape index (κ1) is 21.5. The molecule has 0 saturated carbocycles. The molecule has 0 aliphatic carbocycles. The van der Waals surface area contributed by atoms with Gasteiger partial charge in [0.05, 0.1) is 32.0 Å². The molecule has 0 bridgehead atoms. The molecular formula is C20H39N3O3. The summed E-state index contributed by atoms with van der Waals surface area (Å²) in [5, 5.41) is 13.0. The smallest absolute Gasteiger partial charge is 0.193 e. The van der Waals surface area contributed by atoms with E-state index in [1.807, 2.05) is 0 Å². The Morgan fingerprint density at radius 2 is 2.04 bits per heavy atom. The number of aliphatic imine (C=N–C) groups is 1. The maximum Gasteiger partial charge on any atom is 0.193 e. The molecule has 6 heteroatoms. The molecule has 0 spiro atoms. The number of likely N-dealkylation sites (tertiary alicyclic amines) is 1. The molecule has 0 aromatic heterocycles. The van der Waals surface area contributed by atoms with Crippen molar-refractivity contribution in [1.29, 1.82) is 0 Å². The summed E-state index contributed by atoms with van der Waals surface area (Å²) in [5.41, 5.74) is -0.137. The molecule has 2 heterocycles. The topological polar surface area (TPSA) is 66.3 Å². The summed E-state index contributed by atoms with van der Waals surface area (Å²) in [4.78, 5) is 7.13. The van der Waals surface area contributed by atoms with E-state index in [-0.39, 0.29) is 12.0 Å². The van der Waals surface area contributed by atoms with Crippen molar-refractivity contribution in [3.63, 3.8) is 0 Å². The molecule has 152 valence electrons. The minimum absolute atomic E-state index is 0.137. The molecule has 26 heavy (non-hydrogen) atoms. The highest BCUT2D eigenvalue weighted by atomic mass is 16.5. The molecule has 2 saturated heterocycles. The highest BCUT2D eigenvalue weighted by molar-refractivity contribution is 5.80. The number of hydrogen-bond donors (Lipinski definition) is 2. The second-order valence-corrected chi connectivity index (χ2v) is 8.00. The van der Waals surface area contributed by atoms with E-state index in [1.54, 1.807) is 0 Å². The number of rotatable bonds is 8. The number of aliphatic hydroxyl groups excluding tert-OH is 1. The van der Waals surface area contributed by atoms with Crippen LogP contribution in [0.25, 0.3) is 0 Å². The van der Waals surface area contributed by atoms with Crippen LogP contribution in [0.1, 0.15) is 59.3 Å². The van der Waals surface area contributed by atoms with Crippen LogP contribution in [0.15, 0.2) is 4.99 Å². The Labute approximate surface area is 159 Å². The maximum absolute atomic E-state index is 9.61. The molecule has 2 aliphatic rings. The second-order valence-electron chi connectivity index (χ2n) is 8.00. The van der Waals surface area contributed by atoms with Gasteiger partial charge in [-0.1, -0.05) is 13.8 Å². The van der Waals surface area contributed by atoms with E-state index in [0.717, 1.165) is 64.5 Å². The fourth-order valence-electron chi connectivity index (χ4n) is 3.38. The maximum atomic E-state index is 9.61. The first-order chi connectivity index (χ1) is 12.6. The van der Waals surface area contributed by atoms with Gasteiger partial charge in [0.1, 0.15) is 0 Å². The fraction of sp³-hybridized carbons (Fsp3) is 0.950. The van der Waals surface area contributed by atoms with Gasteiger partial charge in [0.25, 0.3) is 0 Å². The van der Waals surface area contributed by atoms with E-state index in [1.165, 1.54) is 12.8 Å². The van der Waals surface area contributed by atoms with Gasteiger partial charge in [0.15, 0.2) is 5.96 Å². The van der Waals surface area contributed by atoms with Gasteiger partial charge in [-0.3, -0.25) is 4.99 Å². The van der Waals surface area contributed by atoms with Crippen LogP contribution in [-0.4, -0.2) is 74.2 Å². The lowest BCUT2D eigenvalue weighted by Crippen LogP contribution is -2.47. The Kier molecular flexibility index (Phi) is 9.16. The number of aliphatic hydroxyl groups is 1. The second kappa shape index (κ2) is 11.1. The number of nitrogens with one attached hydrogen (secondary N) is 1. The Morgan fingerprint density at radius 3 is 2.62 bits per heavy atom. The minimum Gasteiger partial charge on any atom is -0.396 e. The molecule has 2 aliphatic heterocycles. The number of guanidine groups is 1. The monoisotopic (exact) mass is 369 g/mol. The molecule has 2 unspecified atom stereocenters. The van der Waals surface area contributed by atoms with Crippen LogP contribution in [0.2, 0.25) is 0 Å². The average molecular weight is 370 g/mol. The highest BCUT2D eigenvalue weighted by Crippen LogP contribution is 2.21. The first-order valence-electron chi connectivity index (χ1n) is 10.5. The van der Waals surface area contributed by atoms with Crippen molar-refractivity contribution < 1.29 is 14.6 Å². The van der Waals surface area contributed by atoms with Crippen LogP contribution in [-0.2, 0) is 9.47 Å². The molecule has 0 amide bonds. The lowest BCUT2D eigenvalue weighted by atomic mass is 9.89. The van der Waals surface area contributed by atoms with E-state index in [4.69, 9.17) is 14.5 Å². The Morgan fingerprint density at radius 1 is 1.27 bits per heavy atom. The molecule has 2 atom stereocenters. The third-order valence-corrected chi connectivity index (χ3v) is 5.71. The van der Waals surface area contributed by atoms with Gasteiger partial charge in [-0.2, -0.15) is 0 Å². The lowest BCUT2D eigenvalue weighted by Gasteiger charge is -2.35. The number of hydrogen-bond acceptors (Lipinski definition) is 4. The van der Waals surface area contributed by atoms with Crippen molar-refractivity contribution in [3.8, 4) is 0 Å². The van der Waals surface area contributed by atoms with Crippen molar-refractivity contribution in [1.82, 2.24) is 10.2 Å². The van der Waals surface area contributed by atoms with Gasteiger partial charge in [-0.25, -0.2) is 0 Å². The van der Waals surface area contributed by atoms with Crippen molar-refractivity contribution in [2.45, 2.75) is 71.5 Å². The molecule has 2 fully saturated rings. The molecule has 0 aromatic rings. The third kappa shape index (κ3) is 6.71. The van der Waals surface area contributed by atoms with Gasteiger partial charge in [0.2, 0.25) is 0 Å². The van der Waals surface area contributed by atoms with Crippen LogP contribution in [0.3, 0.4) is 0 Å². The van der Waals surface area contributed by atoms with Crippen LogP contribution < -0.4 is 5.32 Å². The van der Waals surface area contributed by atoms with Gasteiger partial charge in [0, 0.05) is 31.7 Å². The molecule has 0 aromatic carbocycles. The molecular weight excluding hydrogens is 330 g/mol. The Bertz CT molecular complexity index is 413. The zero-order chi connectivity index (χ0) is 18.8. The average Bonchev–Trinajstić information content (AvgIpc) is 2.70. The summed E-state index contributed by atoms with van der Waals surface area (Å²) in [7, 11) is 0. The molecule has 0 radical (unpaired) electrons. The van der Waals surface area contributed by atoms with E-state index in [9.17, 15) is 5.11 Å². The zero-order valence-corrected chi connectivity index (χ0v) is 17.0. The van der Waals surface area contributed by atoms with Crippen LogP contribution in [0, 0.1) is 5.41 Å². The summed E-state index contributed by atoms with van der Waals surface area (Å²) in [6.07, 6.45) is 7.20. The summed E-state index contributed by atoms with van der Waals surface area (Å²) in [6.45, 7) is 11.5. The number of piperidine rings is 1. The van der Waals surface area contributed by atoms with E-state index in [0.29, 0.717) is 18.8 Å². The fourth-order valence-corrected chi connectivity index (χ4v) is 3.38. The predicted octanol–water partition coefficient (Wildman–Crippen LogP) is 2.41. The van der Waals surface area contributed by atoms with E-state index < -0.39 is 0 Å². The van der Waals surface area contributed by atoms with Crippen LogP contribution in [0.5, 0.6) is 0 Å². The number of nitrogens with zero attached hydrogens (tertiary/aromatic N) is 2. The van der Waals surface area contributed by atoms with Crippen molar-refractivity contribution in [3.05, 3.63) is 0 Å². The van der Waals surface area contributed by atoms with Gasteiger partial charge < -0.3 is 24.8 Å². The van der Waals surface area contributed by atoms with Gasteiger partial charge >= 0.3 is 0 Å². The standard InChI is InChI=1S/C20H39N3O3/c1-4-20(3,16-24)15-22-19(21-5-2)23-11-9-17(10-12-23)26-14-18-8-6-7-13-25-18/h17-18,24H,4-16H2,1-3H3,(H,21,22). The van der Waals surface area contributed by atoms with E-state index in [2.05, 4.69) is 31.0 Å². The quantitative estimate of drug-likeness (QED) is 0.508. The summed E-state index contributed by atoms with van der Waals surface area (Å²) >= 11 is 0. The van der Waals surface area contributed by atoms with Crippen LogP contribution in [0.4, 0.5) is 0 Å². The highest BCUT2D eigenvalue weighted by Gasteiger charge is 2.25. The SMILES string of the molecule is CCNC(=NCC(C)(CC)CO)N1CCC(OCC2CCCCO2)CC1. The van der Waals surface area contributed by atoms with Gasteiger partial charge in [-0.05, 0) is 45.4 Å².